The van der Waals surface area contributed by atoms with Crippen LogP contribution in [0.15, 0.2) is 59.5 Å². The largest absolute Gasteiger partial charge is 0.378 e. The molecule has 0 aliphatic heterocycles. The zero-order valence-corrected chi connectivity index (χ0v) is 11.7. The Labute approximate surface area is 125 Å². The number of carbonyl (C=O) groups is 1. The molecule has 2 rings (SSSR count). The topological polar surface area (TPSA) is 49.3 Å². The highest BCUT2D eigenvalue weighted by Gasteiger charge is 2.17. The van der Waals surface area contributed by atoms with Crippen LogP contribution in [-0.4, -0.2) is 16.8 Å². The van der Waals surface area contributed by atoms with Crippen LogP contribution in [0.3, 0.4) is 0 Å². The van der Waals surface area contributed by atoms with Crippen molar-refractivity contribution in [2.45, 2.75) is 16.8 Å². The molecule has 0 aliphatic rings. The van der Waals surface area contributed by atoms with Crippen molar-refractivity contribution in [2.75, 3.05) is 5.32 Å². The quantitative estimate of drug-likeness (QED) is 0.829. The number of aliphatic hydroxyl groups excluding tert-OH is 1. The SMILES string of the molecule is O=C(Nc1ccc(SC(F)F)cc1)C(O)c1ccccc1. The molecular weight excluding hydrogens is 296 g/mol. The third kappa shape index (κ3) is 4.54. The highest BCUT2D eigenvalue weighted by atomic mass is 32.2. The van der Waals surface area contributed by atoms with Crippen molar-refractivity contribution < 1.29 is 18.7 Å². The third-order valence-corrected chi connectivity index (χ3v) is 3.43. The van der Waals surface area contributed by atoms with Crippen molar-refractivity contribution in [1.29, 1.82) is 0 Å². The average Bonchev–Trinajstić information content (AvgIpc) is 2.49. The summed E-state index contributed by atoms with van der Waals surface area (Å²) >= 11 is 0.434. The van der Waals surface area contributed by atoms with E-state index in [1.165, 1.54) is 24.3 Å². The van der Waals surface area contributed by atoms with Gasteiger partial charge in [0.15, 0.2) is 6.10 Å². The highest BCUT2D eigenvalue weighted by Crippen LogP contribution is 2.26. The molecule has 6 heteroatoms. The Balaban J connectivity index is 1.99. The van der Waals surface area contributed by atoms with Crippen molar-refractivity contribution in [3.05, 3.63) is 60.2 Å². The van der Waals surface area contributed by atoms with Crippen LogP contribution in [0, 0.1) is 0 Å². The molecule has 2 N–H and O–H groups in total. The Hall–Kier alpha value is -1.92. The van der Waals surface area contributed by atoms with Crippen molar-refractivity contribution >= 4 is 23.4 Å². The number of hydrogen-bond donors (Lipinski definition) is 2. The smallest absolute Gasteiger partial charge is 0.288 e. The van der Waals surface area contributed by atoms with Crippen molar-refractivity contribution in [1.82, 2.24) is 0 Å². The van der Waals surface area contributed by atoms with Gasteiger partial charge in [-0.1, -0.05) is 42.1 Å². The summed E-state index contributed by atoms with van der Waals surface area (Å²) < 4.78 is 24.4. The van der Waals surface area contributed by atoms with E-state index < -0.39 is 17.8 Å². The second kappa shape index (κ2) is 7.19. The Morgan fingerprint density at radius 2 is 1.67 bits per heavy atom. The molecule has 2 aromatic rings. The van der Waals surface area contributed by atoms with Gasteiger partial charge in [0.1, 0.15) is 0 Å². The lowest BCUT2D eigenvalue weighted by Crippen LogP contribution is -2.20. The van der Waals surface area contributed by atoms with Gasteiger partial charge in [0, 0.05) is 10.6 Å². The Morgan fingerprint density at radius 3 is 2.24 bits per heavy atom. The minimum Gasteiger partial charge on any atom is -0.378 e. The number of nitrogens with one attached hydrogen (secondary N) is 1. The fourth-order valence-corrected chi connectivity index (χ4v) is 2.22. The van der Waals surface area contributed by atoms with Crippen LogP contribution >= 0.6 is 11.8 Å². The van der Waals surface area contributed by atoms with E-state index in [1.807, 2.05) is 0 Å². The molecule has 1 atom stereocenters. The molecule has 0 saturated carbocycles. The number of thioether (sulfide) groups is 1. The van der Waals surface area contributed by atoms with E-state index in [2.05, 4.69) is 5.32 Å². The molecule has 3 nitrogen and oxygen atoms in total. The van der Waals surface area contributed by atoms with Gasteiger partial charge in [0.2, 0.25) is 0 Å². The number of halogens is 2. The lowest BCUT2D eigenvalue weighted by Gasteiger charge is -2.12. The van der Waals surface area contributed by atoms with E-state index in [0.29, 0.717) is 27.9 Å². The first kappa shape index (κ1) is 15.5. The Bertz CT molecular complexity index is 590. The van der Waals surface area contributed by atoms with Gasteiger partial charge < -0.3 is 10.4 Å². The first-order chi connectivity index (χ1) is 10.1. The lowest BCUT2D eigenvalue weighted by molar-refractivity contribution is -0.124. The third-order valence-electron chi connectivity index (χ3n) is 2.71. The Kier molecular flexibility index (Phi) is 5.30. The average molecular weight is 309 g/mol. The van der Waals surface area contributed by atoms with E-state index in [0.717, 1.165) is 0 Å². The zero-order valence-electron chi connectivity index (χ0n) is 10.9. The standard InChI is InChI=1S/C15H13F2NO2S/c16-15(17)21-12-8-6-11(7-9-12)18-14(20)13(19)10-4-2-1-3-5-10/h1-9,13,15,19H,(H,18,20). The minimum atomic E-state index is -2.48. The summed E-state index contributed by atoms with van der Waals surface area (Å²) in [5, 5.41) is 12.4. The molecular formula is C15H13F2NO2S. The number of amides is 1. The van der Waals surface area contributed by atoms with E-state index in [-0.39, 0.29) is 0 Å². The zero-order chi connectivity index (χ0) is 15.2. The molecule has 0 aliphatic carbocycles. The van der Waals surface area contributed by atoms with Gasteiger partial charge >= 0.3 is 0 Å². The number of carbonyl (C=O) groups excluding carboxylic acids is 1. The molecule has 0 heterocycles. The fraction of sp³-hybridized carbons (Fsp3) is 0.133. The monoisotopic (exact) mass is 309 g/mol. The molecule has 0 saturated heterocycles. The predicted molar refractivity (Wildman–Crippen MR) is 78.3 cm³/mol. The first-order valence-corrected chi connectivity index (χ1v) is 7.03. The van der Waals surface area contributed by atoms with Crippen molar-refractivity contribution in [2.24, 2.45) is 0 Å². The molecule has 0 bridgehead atoms. The van der Waals surface area contributed by atoms with E-state index >= 15 is 0 Å². The van der Waals surface area contributed by atoms with Crippen LogP contribution in [0.4, 0.5) is 14.5 Å². The molecule has 110 valence electrons. The molecule has 0 spiro atoms. The predicted octanol–water partition coefficient (Wildman–Crippen LogP) is 3.67. The van der Waals surface area contributed by atoms with E-state index in [9.17, 15) is 18.7 Å². The maximum atomic E-state index is 12.2. The van der Waals surface area contributed by atoms with Crippen LogP contribution in [0.2, 0.25) is 0 Å². The van der Waals surface area contributed by atoms with Gasteiger partial charge in [0.25, 0.3) is 11.7 Å². The first-order valence-electron chi connectivity index (χ1n) is 6.15. The molecule has 1 unspecified atom stereocenters. The van der Waals surface area contributed by atoms with Gasteiger partial charge in [-0.25, -0.2) is 0 Å². The summed E-state index contributed by atoms with van der Waals surface area (Å²) in [6.07, 6.45) is -1.28. The molecule has 0 fully saturated rings. The summed E-state index contributed by atoms with van der Waals surface area (Å²) in [7, 11) is 0. The number of rotatable bonds is 5. The second-order valence-electron chi connectivity index (χ2n) is 4.21. The van der Waals surface area contributed by atoms with Crippen LogP contribution in [0.25, 0.3) is 0 Å². The van der Waals surface area contributed by atoms with E-state index in [1.54, 1.807) is 30.3 Å². The van der Waals surface area contributed by atoms with Gasteiger partial charge in [0.05, 0.1) is 0 Å². The van der Waals surface area contributed by atoms with Gasteiger partial charge in [-0.05, 0) is 29.8 Å². The summed E-state index contributed by atoms with van der Waals surface area (Å²) in [5.41, 5.74) is 0.925. The van der Waals surface area contributed by atoms with Gasteiger partial charge in [-0.15, -0.1) is 0 Å². The Morgan fingerprint density at radius 1 is 1.05 bits per heavy atom. The summed E-state index contributed by atoms with van der Waals surface area (Å²) in [6, 6.07) is 14.5. The van der Waals surface area contributed by atoms with Crippen LogP contribution in [0.5, 0.6) is 0 Å². The summed E-state index contributed by atoms with van der Waals surface area (Å²) in [6.45, 7) is 0. The van der Waals surface area contributed by atoms with Crippen LogP contribution in [0.1, 0.15) is 11.7 Å². The maximum Gasteiger partial charge on any atom is 0.288 e. The second-order valence-corrected chi connectivity index (χ2v) is 5.27. The molecule has 0 aromatic heterocycles. The molecule has 21 heavy (non-hydrogen) atoms. The number of alkyl halides is 2. The highest BCUT2D eigenvalue weighted by molar-refractivity contribution is 7.99. The molecule has 1 amide bonds. The van der Waals surface area contributed by atoms with E-state index in [4.69, 9.17) is 0 Å². The normalized spacial score (nSPS) is 12.2. The van der Waals surface area contributed by atoms with Crippen molar-refractivity contribution in [3.63, 3.8) is 0 Å². The molecule has 2 aromatic carbocycles. The number of anilines is 1. The number of aliphatic hydroxyl groups is 1. The van der Waals surface area contributed by atoms with Crippen molar-refractivity contribution in [3.8, 4) is 0 Å². The fourth-order valence-electron chi connectivity index (χ4n) is 1.72. The summed E-state index contributed by atoms with van der Waals surface area (Å²) in [4.78, 5) is 12.3. The number of benzene rings is 2. The number of hydrogen-bond acceptors (Lipinski definition) is 3. The lowest BCUT2D eigenvalue weighted by atomic mass is 10.1. The van der Waals surface area contributed by atoms with Gasteiger partial charge in [-0.3, -0.25) is 4.79 Å². The van der Waals surface area contributed by atoms with Gasteiger partial charge in [-0.2, -0.15) is 8.78 Å². The molecule has 0 radical (unpaired) electrons. The van der Waals surface area contributed by atoms with Crippen LogP contribution < -0.4 is 5.32 Å². The maximum absolute atomic E-state index is 12.2. The summed E-state index contributed by atoms with van der Waals surface area (Å²) in [5.74, 6) is -3.05. The van der Waals surface area contributed by atoms with Crippen LogP contribution in [-0.2, 0) is 4.79 Å². The minimum absolute atomic E-state index is 0.409.